The Morgan fingerprint density at radius 2 is 1.76 bits per heavy atom. The molecular formula is C27H35N5O2. The van der Waals surface area contributed by atoms with Crippen molar-refractivity contribution < 1.29 is 9.53 Å². The van der Waals surface area contributed by atoms with E-state index in [1.807, 2.05) is 57.3 Å². The van der Waals surface area contributed by atoms with Crippen LogP contribution in [0.1, 0.15) is 62.4 Å². The molecule has 34 heavy (non-hydrogen) atoms. The van der Waals surface area contributed by atoms with Gasteiger partial charge in [0.15, 0.2) is 0 Å². The van der Waals surface area contributed by atoms with Crippen LogP contribution in [0.4, 0.5) is 0 Å². The smallest absolute Gasteiger partial charge is 0.255 e. The molecule has 3 N–H and O–H groups in total. The molecule has 0 saturated heterocycles. The summed E-state index contributed by atoms with van der Waals surface area (Å²) in [6, 6.07) is 17.9. The first-order valence-electron chi connectivity index (χ1n) is 11.7. The highest BCUT2D eigenvalue weighted by atomic mass is 16.5. The minimum atomic E-state index is -0.200. The standard InChI is InChI=1S/C27H35N5O2/c1-26(2,3)32-25(30-19-28)31-21-14-16-27(17-15-21,20-10-6-5-7-11-20)18-29-24(33)22-12-8-9-13-23(22)34-4/h5-13,21H,14-18H2,1-4H3,(H,29,33)(H2,30,31,32)/t21-,27-. The third-order valence-corrected chi connectivity index (χ3v) is 6.26. The number of guanidine groups is 1. The Bertz CT molecular complexity index is 1030. The van der Waals surface area contributed by atoms with Gasteiger partial charge in [0.05, 0.1) is 12.7 Å². The highest BCUT2D eigenvalue weighted by Crippen LogP contribution is 2.39. The summed E-state index contributed by atoms with van der Waals surface area (Å²) >= 11 is 0. The SMILES string of the molecule is COc1ccccc1C(=O)NC[C@]1(c2ccccc2)CC[C@H](N/C(=N\C#N)NC(C)(C)C)CC1. The largest absolute Gasteiger partial charge is 0.496 e. The van der Waals surface area contributed by atoms with Gasteiger partial charge in [0.25, 0.3) is 5.91 Å². The van der Waals surface area contributed by atoms with Gasteiger partial charge in [-0.15, -0.1) is 4.99 Å². The molecule has 1 aliphatic carbocycles. The van der Waals surface area contributed by atoms with Crippen molar-refractivity contribution >= 4 is 11.9 Å². The van der Waals surface area contributed by atoms with Gasteiger partial charge < -0.3 is 20.7 Å². The van der Waals surface area contributed by atoms with Crippen LogP contribution in [-0.4, -0.2) is 37.1 Å². The van der Waals surface area contributed by atoms with Crippen LogP contribution in [0.15, 0.2) is 59.6 Å². The quantitative estimate of drug-likeness (QED) is 0.341. The number of ether oxygens (including phenoxy) is 1. The van der Waals surface area contributed by atoms with Crippen molar-refractivity contribution in [3.63, 3.8) is 0 Å². The van der Waals surface area contributed by atoms with E-state index in [-0.39, 0.29) is 22.9 Å². The van der Waals surface area contributed by atoms with Gasteiger partial charge in [0.2, 0.25) is 12.2 Å². The van der Waals surface area contributed by atoms with Crippen LogP contribution in [0.2, 0.25) is 0 Å². The van der Waals surface area contributed by atoms with Crippen LogP contribution < -0.4 is 20.7 Å². The molecule has 0 spiro atoms. The lowest BCUT2D eigenvalue weighted by atomic mass is 9.68. The molecule has 1 saturated carbocycles. The summed E-state index contributed by atoms with van der Waals surface area (Å²) in [5.74, 6) is 0.944. The van der Waals surface area contributed by atoms with Crippen molar-refractivity contribution in [2.24, 2.45) is 4.99 Å². The fourth-order valence-corrected chi connectivity index (χ4v) is 4.55. The minimum Gasteiger partial charge on any atom is -0.496 e. The molecule has 7 heteroatoms. The zero-order valence-corrected chi connectivity index (χ0v) is 20.5. The molecule has 0 heterocycles. The number of para-hydroxylation sites is 1. The Labute approximate surface area is 202 Å². The summed E-state index contributed by atoms with van der Waals surface area (Å²) in [6.45, 7) is 6.65. The molecule has 7 nitrogen and oxygen atoms in total. The molecule has 1 amide bonds. The molecule has 0 atom stereocenters. The maximum Gasteiger partial charge on any atom is 0.255 e. The third kappa shape index (κ3) is 6.50. The van der Waals surface area contributed by atoms with Crippen LogP contribution in [0, 0.1) is 11.5 Å². The van der Waals surface area contributed by atoms with Crippen molar-refractivity contribution in [3.05, 3.63) is 65.7 Å². The lowest BCUT2D eigenvalue weighted by Gasteiger charge is -2.41. The number of carbonyl (C=O) groups is 1. The first-order chi connectivity index (χ1) is 16.3. The number of amides is 1. The second-order valence-corrected chi connectivity index (χ2v) is 9.88. The van der Waals surface area contributed by atoms with E-state index < -0.39 is 0 Å². The zero-order valence-electron chi connectivity index (χ0n) is 20.5. The lowest BCUT2D eigenvalue weighted by molar-refractivity contribution is 0.0932. The van der Waals surface area contributed by atoms with Crippen LogP contribution in [-0.2, 0) is 5.41 Å². The van der Waals surface area contributed by atoms with E-state index >= 15 is 0 Å². The molecular weight excluding hydrogens is 426 g/mol. The Hall–Kier alpha value is -3.53. The topological polar surface area (TPSA) is 98.5 Å². The predicted molar refractivity (Wildman–Crippen MR) is 135 cm³/mol. The van der Waals surface area contributed by atoms with E-state index in [0.29, 0.717) is 23.8 Å². The monoisotopic (exact) mass is 461 g/mol. The van der Waals surface area contributed by atoms with E-state index in [4.69, 9.17) is 10.00 Å². The van der Waals surface area contributed by atoms with Crippen LogP contribution in [0.25, 0.3) is 0 Å². The summed E-state index contributed by atoms with van der Waals surface area (Å²) < 4.78 is 5.36. The molecule has 0 aliphatic heterocycles. The fraction of sp³-hybridized carbons (Fsp3) is 0.444. The van der Waals surface area contributed by atoms with Crippen LogP contribution in [0.5, 0.6) is 5.75 Å². The third-order valence-electron chi connectivity index (χ3n) is 6.26. The van der Waals surface area contributed by atoms with Gasteiger partial charge in [0, 0.05) is 23.5 Å². The molecule has 0 bridgehead atoms. The number of rotatable bonds is 6. The molecule has 0 unspecified atom stereocenters. The maximum atomic E-state index is 13.0. The molecule has 3 rings (SSSR count). The lowest BCUT2D eigenvalue weighted by Crippen LogP contribution is -2.53. The normalized spacial score (nSPS) is 20.7. The van der Waals surface area contributed by atoms with Gasteiger partial charge >= 0.3 is 0 Å². The second kappa shape index (κ2) is 11.1. The van der Waals surface area contributed by atoms with Crippen molar-refractivity contribution in [3.8, 4) is 11.9 Å². The number of nitrogens with one attached hydrogen (secondary N) is 3. The Morgan fingerprint density at radius 1 is 1.12 bits per heavy atom. The molecule has 1 aliphatic rings. The summed E-state index contributed by atoms with van der Waals surface area (Å²) in [7, 11) is 1.57. The van der Waals surface area contributed by atoms with E-state index in [9.17, 15) is 4.79 Å². The molecule has 2 aromatic rings. The number of benzene rings is 2. The number of methoxy groups -OCH3 is 1. The van der Waals surface area contributed by atoms with E-state index in [1.54, 1.807) is 19.2 Å². The van der Waals surface area contributed by atoms with Gasteiger partial charge in [-0.1, -0.05) is 42.5 Å². The molecule has 180 valence electrons. The zero-order chi connectivity index (χ0) is 24.6. The van der Waals surface area contributed by atoms with Gasteiger partial charge in [-0.05, 0) is 64.2 Å². The van der Waals surface area contributed by atoms with Crippen molar-refractivity contribution in [1.82, 2.24) is 16.0 Å². The number of carbonyl (C=O) groups excluding carboxylic acids is 1. The van der Waals surface area contributed by atoms with E-state index in [1.165, 1.54) is 5.56 Å². The average molecular weight is 462 g/mol. The summed E-state index contributed by atoms with van der Waals surface area (Å²) in [5.41, 5.74) is 1.40. The van der Waals surface area contributed by atoms with Gasteiger partial charge in [-0.25, -0.2) is 0 Å². The Morgan fingerprint density at radius 3 is 2.38 bits per heavy atom. The van der Waals surface area contributed by atoms with Crippen molar-refractivity contribution in [1.29, 1.82) is 5.26 Å². The number of nitriles is 1. The Balaban J connectivity index is 1.73. The first-order valence-corrected chi connectivity index (χ1v) is 11.7. The molecule has 0 radical (unpaired) electrons. The fourth-order valence-electron chi connectivity index (χ4n) is 4.55. The van der Waals surface area contributed by atoms with Crippen LogP contribution >= 0.6 is 0 Å². The highest BCUT2D eigenvalue weighted by Gasteiger charge is 2.37. The number of aliphatic imine (C=N–C) groups is 1. The molecule has 1 fully saturated rings. The first kappa shape index (κ1) is 25.1. The van der Waals surface area contributed by atoms with Gasteiger partial charge in [-0.3, -0.25) is 4.79 Å². The van der Waals surface area contributed by atoms with Crippen molar-refractivity contribution in [2.45, 2.75) is 63.5 Å². The highest BCUT2D eigenvalue weighted by molar-refractivity contribution is 5.97. The van der Waals surface area contributed by atoms with E-state index in [2.05, 4.69) is 33.1 Å². The van der Waals surface area contributed by atoms with Gasteiger partial charge in [-0.2, -0.15) is 5.26 Å². The van der Waals surface area contributed by atoms with E-state index in [0.717, 1.165) is 25.7 Å². The molecule has 2 aromatic carbocycles. The van der Waals surface area contributed by atoms with Crippen molar-refractivity contribution in [2.75, 3.05) is 13.7 Å². The Kier molecular flexibility index (Phi) is 8.17. The predicted octanol–water partition coefficient (Wildman–Crippen LogP) is 4.12. The summed E-state index contributed by atoms with van der Waals surface area (Å²) in [4.78, 5) is 16.9. The summed E-state index contributed by atoms with van der Waals surface area (Å²) in [5, 5.41) is 18.9. The van der Waals surface area contributed by atoms with Crippen LogP contribution in [0.3, 0.4) is 0 Å². The average Bonchev–Trinajstić information content (AvgIpc) is 2.83. The molecule has 0 aromatic heterocycles. The maximum absolute atomic E-state index is 13.0. The summed E-state index contributed by atoms with van der Waals surface area (Å²) in [6.07, 6.45) is 5.48. The number of nitrogens with zero attached hydrogens (tertiary/aromatic N) is 2. The second-order valence-electron chi connectivity index (χ2n) is 9.88. The van der Waals surface area contributed by atoms with Gasteiger partial charge in [0.1, 0.15) is 5.75 Å². The number of hydrogen-bond donors (Lipinski definition) is 3. The minimum absolute atomic E-state index is 0.133. The number of hydrogen-bond acceptors (Lipinski definition) is 4.